The average molecular weight is 405 g/mol. The monoisotopic (exact) mass is 404 g/mol. The fourth-order valence-corrected chi connectivity index (χ4v) is 4.21. The number of nitrogens with zero attached hydrogens (tertiary/aromatic N) is 2. The molecule has 0 radical (unpaired) electrons. The number of nitrogens with one attached hydrogen (secondary N) is 2. The van der Waals surface area contributed by atoms with E-state index in [1.165, 1.54) is 29.5 Å². The van der Waals surface area contributed by atoms with Gasteiger partial charge in [0, 0.05) is 38.0 Å². The molecule has 0 unspecified atom stereocenters. The molecule has 1 saturated carbocycles. The quantitative estimate of drug-likeness (QED) is 0.522. The zero-order valence-electron chi connectivity index (χ0n) is 17.9. The van der Waals surface area contributed by atoms with Gasteiger partial charge in [-0.1, -0.05) is 54.6 Å². The van der Waals surface area contributed by atoms with E-state index in [2.05, 4.69) is 66.1 Å². The molecule has 1 aliphatic carbocycles. The van der Waals surface area contributed by atoms with E-state index in [9.17, 15) is 4.79 Å². The highest BCUT2D eigenvalue weighted by molar-refractivity contribution is 5.80. The molecule has 2 fully saturated rings. The topological polar surface area (TPSA) is 56.7 Å². The number of hydrogen-bond acceptors (Lipinski definition) is 2. The Morgan fingerprint density at radius 2 is 1.77 bits per heavy atom. The molecule has 158 valence electrons. The molecule has 0 aromatic heterocycles. The van der Waals surface area contributed by atoms with E-state index < -0.39 is 0 Å². The fourth-order valence-electron chi connectivity index (χ4n) is 4.21. The van der Waals surface area contributed by atoms with Crippen molar-refractivity contribution >= 4 is 11.9 Å². The normalized spacial score (nSPS) is 17.8. The number of hydrogen-bond donors (Lipinski definition) is 2. The van der Waals surface area contributed by atoms with Crippen molar-refractivity contribution in [3.05, 3.63) is 71.3 Å². The molecule has 0 spiro atoms. The molecule has 1 aliphatic heterocycles. The maximum Gasteiger partial charge on any atom is 0.222 e. The Kier molecular flexibility index (Phi) is 6.36. The maximum absolute atomic E-state index is 12.0. The van der Waals surface area contributed by atoms with Crippen LogP contribution < -0.4 is 10.6 Å². The summed E-state index contributed by atoms with van der Waals surface area (Å²) < 4.78 is 0. The molecule has 2 aliphatic rings. The zero-order chi connectivity index (χ0) is 20.8. The van der Waals surface area contributed by atoms with Crippen LogP contribution in [0.25, 0.3) is 0 Å². The second-order valence-electron chi connectivity index (χ2n) is 8.38. The van der Waals surface area contributed by atoms with Gasteiger partial charge in [0.15, 0.2) is 5.96 Å². The molecule has 1 amide bonds. The van der Waals surface area contributed by atoms with Crippen molar-refractivity contribution in [1.82, 2.24) is 15.5 Å². The van der Waals surface area contributed by atoms with Crippen LogP contribution >= 0.6 is 0 Å². The van der Waals surface area contributed by atoms with E-state index in [-0.39, 0.29) is 11.3 Å². The third-order valence-electron chi connectivity index (χ3n) is 6.24. The minimum atomic E-state index is 0.242. The van der Waals surface area contributed by atoms with Crippen molar-refractivity contribution in [2.75, 3.05) is 19.6 Å². The third-order valence-corrected chi connectivity index (χ3v) is 6.24. The summed E-state index contributed by atoms with van der Waals surface area (Å²) in [6.45, 7) is 5.97. The number of rotatable bonds is 8. The lowest BCUT2D eigenvalue weighted by molar-refractivity contribution is -0.128. The van der Waals surface area contributed by atoms with Gasteiger partial charge in [-0.3, -0.25) is 4.79 Å². The molecular weight excluding hydrogens is 372 g/mol. The van der Waals surface area contributed by atoms with Crippen molar-refractivity contribution in [2.24, 2.45) is 4.99 Å². The second-order valence-corrected chi connectivity index (χ2v) is 8.38. The first-order valence-electron chi connectivity index (χ1n) is 11.1. The Morgan fingerprint density at radius 3 is 2.43 bits per heavy atom. The Labute approximate surface area is 179 Å². The summed E-state index contributed by atoms with van der Waals surface area (Å²) in [5.41, 5.74) is 4.02. The van der Waals surface area contributed by atoms with Crippen molar-refractivity contribution in [3.63, 3.8) is 0 Å². The summed E-state index contributed by atoms with van der Waals surface area (Å²) in [5.74, 6) is 1.12. The van der Waals surface area contributed by atoms with Crippen LogP contribution in [0, 0.1) is 0 Å². The molecule has 2 N–H and O–H groups in total. The van der Waals surface area contributed by atoms with Gasteiger partial charge in [0.1, 0.15) is 0 Å². The van der Waals surface area contributed by atoms with Crippen LogP contribution in [-0.4, -0.2) is 36.4 Å². The van der Waals surface area contributed by atoms with E-state index in [4.69, 9.17) is 4.99 Å². The van der Waals surface area contributed by atoms with Crippen LogP contribution in [0.2, 0.25) is 0 Å². The Hall–Kier alpha value is -2.82. The van der Waals surface area contributed by atoms with E-state index in [1.54, 1.807) is 0 Å². The van der Waals surface area contributed by atoms with Gasteiger partial charge in [-0.05, 0) is 42.9 Å². The number of benzene rings is 2. The molecule has 0 atom stereocenters. The lowest BCUT2D eigenvalue weighted by Crippen LogP contribution is -2.41. The molecule has 1 heterocycles. The van der Waals surface area contributed by atoms with Crippen LogP contribution in [0.1, 0.15) is 49.3 Å². The van der Waals surface area contributed by atoms with Gasteiger partial charge in [0.25, 0.3) is 0 Å². The van der Waals surface area contributed by atoms with Crippen LogP contribution in [0.5, 0.6) is 0 Å². The smallest absolute Gasteiger partial charge is 0.222 e. The van der Waals surface area contributed by atoms with Crippen LogP contribution in [0.4, 0.5) is 0 Å². The highest BCUT2D eigenvalue weighted by atomic mass is 16.2. The predicted molar refractivity (Wildman–Crippen MR) is 121 cm³/mol. The standard InChI is InChI=1S/C25H32N4O/c1-2-26-24(28-19-25(14-15-25)22-11-4-3-5-12-22)27-17-20-9-6-7-10-21(20)18-29-16-8-13-23(29)30/h3-7,9-12H,2,8,13-19H2,1H3,(H2,26,27,28). The van der Waals surface area contributed by atoms with Crippen molar-refractivity contribution in [1.29, 1.82) is 0 Å². The summed E-state index contributed by atoms with van der Waals surface area (Å²) in [7, 11) is 0. The Morgan fingerprint density at radius 1 is 1.03 bits per heavy atom. The molecule has 5 heteroatoms. The summed E-state index contributed by atoms with van der Waals surface area (Å²) in [5, 5.41) is 6.94. The summed E-state index contributed by atoms with van der Waals surface area (Å²) >= 11 is 0. The third kappa shape index (κ3) is 4.84. The van der Waals surface area contributed by atoms with E-state index in [0.29, 0.717) is 19.5 Å². The molecule has 30 heavy (non-hydrogen) atoms. The molecule has 5 nitrogen and oxygen atoms in total. The number of carbonyl (C=O) groups is 1. The lowest BCUT2D eigenvalue weighted by Gasteiger charge is -2.20. The van der Waals surface area contributed by atoms with Crippen LogP contribution in [-0.2, 0) is 23.3 Å². The highest BCUT2D eigenvalue weighted by Crippen LogP contribution is 2.47. The van der Waals surface area contributed by atoms with Gasteiger partial charge < -0.3 is 15.5 Å². The van der Waals surface area contributed by atoms with Gasteiger partial charge in [0.05, 0.1) is 6.54 Å². The largest absolute Gasteiger partial charge is 0.357 e. The molecule has 2 aromatic carbocycles. The first kappa shape index (κ1) is 20.5. The first-order chi connectivity index (χ1) is 14.7. The lowest BCUT2D eigenvalue weighted by atomic mass is 9.96. The first-order valence-corrected chi connectivity index (χ1v) is 11.1. The van der Waals surface area contributed by atoms with Crippen LogP contribution in [0.3, 0.4) is 0 Å². The van der Waals surface area contributed by atoms with Gasteiger partial charge >= 0.3 is 0 Å². The van der Waals surface area contributed by atoms with E-state index in [0.717, 1.165) is 32.0 Å². The molecule has 0 bridgehead atoms. The Balaban J connectivity index is 1.41. The predicted octanol–water partition coefficient (Wildman–Crippen LogP) is 3.60. The SMILES string of the molecule is CCNC(=NCc1ccccc1CN1CCCC1=O)NCC1(c2ccccc2)CC1. The number of aliphatic imine (C=N–C) groups is 1. The number of guanidine groups is 1. The second kappa shape index (κ2) is 9.33. The van der Waals surface area contributed by atoms with E-state index >= 15 is 0 Å². The fraction of sp³-hybridized carbons (Fsp3) is 0.440. The molecule has 2 aromatic rings. The molecular formula is C25H32N4O. The van der Waals surface area contributed by atoms with Crippen LogP contribution in [0.15, 0.2) is 59.6 Å². The van der Waals surface area contributed by atoms with Gasteiger partial charge in [-0.2, -0.15) is 0 Å². The number of likely N-dealkylation sites (tertiary alicyclic amines) is 1. The minimum Gasteiger partial charge on any atom is -0.357 e. The summed E-state index contributed by atoms with van der Waals surface area (Å²) in [6.07, 6.45) is 4.08. The maximum atomic E-state index is 12.0. The highest BCUT2D eigenvalue weighted by Gasteiger charge is 2.44. The molecule has 4 rings (SSSR count). The van der Waals surface area contributed by atoms with Crippen molar-refractivity contribution in [3.8, 4) is 0 Å². The Bertz CT molecular complexity index is 889. The van der Waals surface area contributed by atoms with Gasteiger partial charge in [-0.15, -0.1) is 0 Å². The summed E-state index contributed by atoms with van der Waals surface area (Å²) in [6, 6.07) is 19.1. The average Bonchev–Trinajstić information content (AvgIpc) is 3.47. The van der Waals surface area contributed by atoms with Crippen molar-refractivity contribution in [2.45, 2.75) is 51.1 Å². The van der Waals surface area contributed by atoms with E-state index in [1.807, 2.05) is 11.0 Å². The number of amides is 1. The number of carbonyl (C=O) groups excluding carboxylic acids is 1. The zero-order valence-corrected chi connectivity index (χ0v) is 17.9. The summed E-state index contributed by atoms with van der Waals surface area (Å²) in [4.78, 5) is 18.8. The minimum absolute atomic E-state index is 0.242. The van der Waals surface area contributed by atoms with Crippen molar-refractivity contribution < 1.29 is 4.79 Å². The van der Waals surface area contributed by atoms with Gasteiger partial charge in [0.2, 0.25) is 5.91 Å². The molecule has 1 saturated heterocycles. The van der Waals surface area contributed by atoms with Gasteiger partial charge in [-0.25, -0.2) is 4.99 Å².